The van der Waals surface area contributed by atoms with Gasteiger partial charge < -0.3 is 14.5 Å². The minimum Gasteiger partial charge on any atom is -0.494 e. The van der Waals surface area contributed by atoms with Crippen LogP contribution in [0.2, 0.25) is 0 Å². The minimum absolute atomic E-state index is 0.00751. The molecule has 3 rings (SSSR count). The molecular weight excluding hydrogens is 402 g/mol. The molecule has 150 valence electrons. The van der Waals surface area contributed by atoms with Gasteiger partial charge in [0.05, 0.1) is 17.6 Å². The summed E-state index contributed by atoms with van der Waals surface area (Å²) >= 11 is 0.622. The first-order valence-electron chi connectivity index (χ1n) is 8.39. The van der Waals surface area contributed by atoms with Crippen molar-refractivity contribution >= 4 is 46.5 Å². The fraction of sp³-hybridized carbons (Fsp3) is 0.167. The Morgan fingerprint density at radius 1 is 1.28 bits per heavy atom. The van der Waals surface area contributed by atoms with Crippen molar-refractivity contribution in [3.63, 3.8) is 0 Å². The number of anilines is 1. The molecule has 1 fully saturated rings. The Hall–Kier alpha value is -3.60. The van der Waals surface area contributed by atoms with E-state index < -0.39 is 34.4 Å². The molecule has 0 unspecified atom stereocenters. The van der Waals surface area contributed by atoms with Crippen molar-refractivity contribution in [3.8, 4) is 5.75 Å². The lowest BCUT2D eigenvalue weighted by atomic mass is 10.3. The molecule has 2 aromatic rings. The van der Waals surface area contributed by atoms with Crippen LogP contribution in [-0.4, -0.2) is 40.0 Å². The Morgan fingerprint density at radius 3 is 2.62 bits per heavy atom. The van der Waals surface area contributed by atoms with Gasteiger partial charge in [-0.05, 0) is 49.0 Å². The van der Waals surface area contributed by atoms with E-state index in [4.69, 9.17) is 9.15 Å². The Balaban J connectivity index is 1.63. The van der Waals surface area contributed by atoms with Gasteiger partial charge in [0.2, 0.25) is 5.91 Å². The van der Waals surface area contributed by atoms with E-state index in [-0.39, 0.29) is 10.7 Å². The molecule has 0 atom stereocenters. The fourth-order valence-electron chi connectivity index (χ4n) is 2.43. The van der Waals surface area contributed by atoms with Crippen molar-refractivity contribution < 1.29 is 28.5 Å². The standard InChI is InChI=1S/C18H15N3O7S/c1-2-27-12-5-3-11(4-6-12)19-15(22)10-20-17(23)14(29-18(20)24)9-13-7-8-16(28-13)21(25)26/h3-9H,2,10H2,1H3,(H,19,22)/b14-9+. The van der Waals surface area contributed by atoms with Crippen molar-refractivity contribution in [2.75, 3.05) is 18.5 Å². The van der Waals surface area contributed by atoms with E-state index in [9.17, 15) is 24.5 Å². The minimum atomic E-state index is -0.714. The number of furan rings is 1. The average Bonchev–Trinajstić information content (AvgIpc) is 3.24. The number of nitro groups is 1. The van der Waals surface area contributed by atoms with Gasteiger partial charge in [0.1, 0.15) is 23.0 Å². The van der Waals surface area contributed by atoms with Crippen LogP contribution in [0.4, 0.5) is 16.4 Å². The van der Waals surface area contributed by atoms with Gasteiger partial charge in [-0.3, -0.25) is 29.4 Å². The van der Waals surface area contributed by atoms with Crippen LogP contribution in [0.3, 0.4) is 0 Å². The maximum absolute atomic E-state index is 12.4. The second kappa shape index (κ2) is 8.61. The molecule has 2 heterocycles. The summed E-state index contributed by atoms with van der Waals surface area (Å²) < 4.78 is 10.3. The van der Waals surface area contributed by atoms with Crippen LogP contribution in [0.25, 0.3) is 6.08 Å². The molecular formula is C18H15N3O7S. The molecule has 0 radical (unpaired) electrons. The van der Waals surface area contributed by atoms with Gasteiger partial charge in [-0.1, -0.05) is 0 Å². The zero-order valence-electron chi connectivity index (χ0n) is 15.1. The normalized spacial score (nSPS) is 15.1. The van der Waals surface area contributed by atoms with Crippen LogP contribution in [0, 0.1) is 10.1 Å². The Bertz CT molecular complexity index is 997. The number of ether oxygens (including phenoxy) is 1. The number of benzene rings is 1. The fourth-order valence-corrected chi connectivity index (χ4v) is 3.25. The van der Waals surface area contributed by atoms with Crippen molar-refractivity contribution in [2.24, 2.45) is 0 Å². The lowest BCUT2D eigenvalue weighted by Crippen LogP contribution is -2.36. The van der Waals surface area contributed by atoms with Crippen LogP contribution in [0.1, 0.15) is 12.7 Å². The van der Waals surface area contributed by atoms with E-state index in [2.05, 4.69) is 5.32 Å². The average molecular weight is 417 g/mol. The molecule has 0 aliphatic carbocycles. The van der Waals surface area contributed by atoms with Gasteiger partial charge in [0.25, 0.3) is 11.1 Å². The molecule has 0 saturated carbocycles. The summed E-state index contributed by atoms with van der Waals surface area (Å²) in [5.74, 6) is -1.00. The first kappa shape index (κ1) is 20.1. The third-order valence-corrected chi connectivity index (χ3v) is 4.60. The first-order valence-corrected chi connectivity index (χ1v) is 9.21. The van der Waals surface area contributed by atoms with Gasteiger partial charge in [0.15, 0.2) is 0 Å². The summed E-state index contributed by atoms with van der Waals surface area (Å²) in [6.07, 6.45) is 1.22. The van der Waals surface area contributed by atoms with Crippen molar-refractivity contribution in [1.82, 2.24) is 4.90 Å². The van der Waals surface area contributed by atoms with E-state index in [1.807, 2.05) is 6.92 Å². The molecule has 1 aromatic carbocycles. The molecule has 0 bridgehead atoms. The van der Waals surface area contributed by atoms with Gasteiger partial charge in [0, 0.05) is 11.8 Å². The molecule has 3 amide bonds. The second-order valence-corrected chi connectivity index (χ2v) is 6.70. The number of thioether (sulfide) groups is 1. The molecule has 29 heavy (non-hydrogen) atoms. The highest BCUT2D eigenvalue weighted by Crippen LogP contribution is 2.33. The Kier molecular flexibility index (Phi) is 5.98. The lowest BCUT2D eigenvalue weighted by Gasteiger charge is -2.12. The summed E-state index contributed by atoms with van der Waals surface area (Å²) in [7, 11) is 0. The molecule has 1 aliphatic heterocycles. The summed E-state index contributed by atoms with van der Waals surface area (Å²) in [5.41, 5.74) is 0.490. The van der Waals surface area contributed by atoms with E-state index in [1.54, 1.807) is 24.3 Å². The molecule has 10 nitrogen and oxygen atoms in total. The second-order valence-electron chi connectivity index (χ2n) is 5.71. The first-order chi connectivity index (χ1) is 13.9. The quantitative estimate of drug-likeness (QED) is 0.412. The lowest BCUT2D eigenvalue weighted by molar-refractivity contribution is -0.402. The van der Waals surface area contributed by atoms with Gasteiger partial charge in [-0.15, -0.1) is 0 Å². The van der Waals surface area contributed by atoms with Gasteiger partial charge in [-0.2, -0.15) is 0 Å². The number of hydrogen-bond donors (Lipinski definition) is 1. The van der Waals surface area contributed by atoms with E-state index in [0.717, 1.165) is 11.0 Å². The smallest absolute Gasteiger partial charge is 0.433 e. The predicted octanol–water partition coefficient (Wildman–Crippen LogP) is 3.26. The number of carbonyl (C=O) groups excluding carboxylic acids is 3. The zero-order valence-corrected chi connectivity index (χ0v) is 15.9. The largest absolute Gasteiger partial charge is 0.494 e. The third kappa shape index (κ3) is 4.82. The Morgan fingerprint density at radius 2 is 2.00 bits per heavy atom. The van der Waals surface area contributed by atoms with Crippen LogP contribution in [0.15, 0.2) is 45.7 Å². The van der Waals surface area contributed by atoms with Crippen molar-refractivity contribution in [2.45, 2.75) is 6.92 Å². The number of nitrogens with zero attached hydrogens (tertiary/aromatic N) is 2. The summed E-state index contributed by atoms with van der Waals surface area (Å²) in [4.78, 5) is 47.4. The number of rotatable bonds is 7. The third-order valence-electron chi connectivity index (χ3n) is 3.69. The predicted molar refractivity (Wildman–Crippen MR) is 104 cm³/mol. The summed E-state index contributed by atoms with van der Waals surface area (Å²) in [5, 5.41) is 12.6. The SMILES string of the molecule is CCOc1ccc(NC(=O)CN2C(=O)S/C(=C/c3ccc([N+](=O)[O-])o3)C2=O)cc1. The van der Waals surface area contributed by atoms with Crippen LogP contribution >= 0.6 is 11.8 Å². The highest BCUT2D eigenvalue weighted by molar-refractivity contribution is 8.18. The molecule has 1 aromatic heterocycles. The number of hydrogen-bond acceptors (Lipinski definition) is 8. The van der Waals surface area contributed by atoms with Crippen LogP contribution < -0.4 is 10.1 Å². The van der Waals surface area contributed by atoms with Crippen molar-refractivity contribution in [3.05, 3.63) is 57.2 Å². The molecule has 1 N–H and O–H groups in total. The number of nitrogens with one attached hydrogen (secondary N) is 1. The summed E-state index contributed by atoms with van der Waals surface area (Å²) in [6, 6.07) is 9.10. The molecule has 1 saturated heterocycles. The van der Waals surface area contributed by atoms with Crippen LogP contribution in [-0.2, 0) is 9.59 Å². The molecule has 1 aliphatic rings. The van der Waals surface area contributed by atoms with Gasteiger partial charge in [-0.25, -0.2) is 0 Å². The monoisotopic (exact) mass is 417 g/mol. The summed E-state index contributed by atoms with van der Waals surface area (Å²) in [6.45, 7) is 1.91. The zero-order chi connectivity index (χ0) is 21.0. The Labute approximate surface area is 168 Å². The maximum Gasteiger partial charge on any atom is 0.433 e. The van der Waals surface area contributed by atoms with E-state index >= 15 is 0 Å². The number of amides is 3. The molecule has 0 spiro atoms. The number of carbonyl (C=O) groups is 3. The van der Waals surface area contributed by atoms with Crippen LogP contribution in [0.5, 0.6) is 5.75 Å². The topological polar surface area (TPSA) is 132 Å². The van der Waals surface area contributed by atoms with E-state index in [1.165, 1.54) is 12.1 Å². The van der Waals surface area contributed by atoms with Crippen molar-refractivity contribution in [1.29, 1.82) is 0 Å². The highest BCUT2D eigenvalue weighted by Gasteiger charge is 2.36. The highest BCUT2D eigenvalue weighted by atomic mass is 32.2. The van der Waals surface area contributed by atoms with Gasteiger partial charge >= 0.3 is 5.88 Å². The molecule has 11 heteroatoms. The van der Waals surface area contributed by atoms with E-state index in [0.29, 0.717) is 29.8 Å². The maximum atomic E-state index is 12.4. The number of imide groups is 1.